The number of halogens is 2. The minimum Gasteiger partial charge on any atom is -0.492 e. The predicted molar refractivity (Wildman–Crippen MR) is 70.0 cm³/mol. The zero-order valence-electron chi connectivity index (χ0n) is 10.6. The van der Waals surface area contributed by atoms with Gasteiger partial charge in [0, 0.05) is 0 Å². The van der Waals surface area contributed by atoms with Gasteiger partial charge in [-0.3, -0.25) is 0 Å². The number of aryl methyl sites for hydroxylation is 1. The largest absolute Gasteiger partial charge is 0.492 e. The van der Waals surface area contributed by atoms with Crippen LogP contribution in [0.25, 0.3) is 0 Å². The standard InChI is InChI=1S/C15H15F2NO/c1-10-7-13(5-6-14(10)17)19-9-15(18)11-3-2-4-12(16)8-11/h2-8,15H,9,18H2,1H3. The fourth-order valence-corrected chi connectivity index (χ4v) is 1.73. The maximum Gasteiger partial charge on any atom is 0.126 e. The Morgan fingerprint density at radius 3 is 2.63 bits per heavy atom. The summed E-state index contributed by atoms with van der Waals surface area (Å²) in [5, 5.41) is 0. The summed E-state index contributed by atoms with van der Waals surface area (Å²) in [4.78, 5) is 0. The van der Waals surface area contributed by atoms with E-state index in [2.05, 4.69) is 0 Å². The van der Waals surface area contributed by atoms with E-state index in [0.717, 1.165) is 0 Å². The van der Waals surface area contributed by atoms with Crippen molar-refractivity contribution in [2.45, 2.75) is 13.0 Å². The Morgan fingerprint density at radius 2 is 1.95 bits per heavy atom. The molecule has 1 unspecified atom stereocenters. The van der Waals surface area contributed by atoms with Gasteiger partial charge in [0.15, 0.2) is 0 Å². The molecule has 0 bridgehead atoms. The van der Waals surface area contributed by atoms with Crippen molar-refractivity contribution >= 4 is 0 Å². The van der Waals surface area contributed by atoms with Gasteiger partial charge in [0.25, 0.3) is 0 Å². The van der Waals surface area contributed by atoms with Gasteiger partial charge >= 0.3 is 0 Å². The summed E-state index contributed by atoms with van der Waals surface area (Å²) in [7, 11) is 0. The summed E-state index contributed by atoms with van der Waals surface area (Å²) in [6.07, 6.45) is 0. The highest BCUT2D eigenvalue weighted by atomic mass is 19.1. The highest BCUT2D eigenvalue weighted by molar-refractivity contribution is 5.29. The van der Waals surface area contributed by atoms with Crippen LogP contribution in [0.15, 0.2) is 42.5 Å². The van der Waals surface area contributed by atoms with Crippen molar-refractivity contribution in [3.8, 4) is 5.75 Å². The Hall–Kier alpha value is -1.94. The molecule has 2 N–H and O–H groups in total. The van der Waals surface area contributed by atoms with Crippen LogP contribution in [0, 0.1) is 18.6 Å². The smallest absolute Gasteiger partial charge is 0.126 e. The van der Waals surface area contributed by atoms with Crippen LogP contribution in [-0.4, -0.2) is 6.61 Å². The van der Waals surface area contributed by atoms with Crippen LogP contribution in [0.2, 0.25) is 0 Å². The van der Waals surface area contributed by atoms with E-state index in [1.165, 1.54) is 18.2 Å². The van der Waals surface area contributed by atoms with E-state index in [9.17, 15) is 8.78 Å². The molecule has 2 rings (SSSR count). The van der Waals surface area contributed by atoms with Gasteiger partial charge in [-0.2, -0.15) is 0 Å². The quantitative estimate of drug-likeness (QED) is 0.918. The lowest BCUT2D eigenvalue weighted by Gasteiger charge is -2.14. The molecular formula is C15H15F2NO. The van der Waals surface area contributed by atoms with Gasteiger partial charge in [-0.25, -0.2) is 8.78 Å². The van der Waals surface area contributed by atoms with Crippen molar-refractivity contribution in [1.82, 2.24) is 0 Å². The lowest BCUT2D eigenvalue weighted by atomic mass is 10.1. The third-order valence-corrected chi connectivity index (χ3v) is 2.84. The summed E-state index contributed by atoms with van der Waals surface area (Å²) >= 11 is 0. The second-order valence-corrected chi connectivity index (χ2v) is 4.38. The first-order valence-corrected chi connectivity index (χ1v) is 5.96. The third kappa shape index (κ3) is 3.51. The van der Waals surface area contributed by atoms with E-state index in [0.29, 0.717) is 16.9 Å². The van der Waals surface area contributed by atoms with Crippen molar-refractivity contribution in [3.05, 3.63) is 65.2 Å². The Bertz CT molecular complexity index is 572. The van der Waals surface area contributed by atoms with E-state index in [1.807, 2.05) is 0 Å². The maximum atomic E-state index is 13.1. The van der Waals surface area contributed by atoms with Crippen molar-refractivity contribution < 1.29 is 13.5 Å². The number of benzene rings is 2. The van der Waals surface area contributed by atoms with Gasteiger partial charge in [-0.1, -0.05) is 12.1 Å². The number of hydrogen-bond acceptors (Lipinski definition) is 2. The first-order valence-electron chi connectivity index (χ1n) is 5.96. The molecule has 0 saturated carbocycles. The summed E-state index contributed by atoms with van der Waals surface area (Å²) < 4.78 is 31.6. The van der Waals surface area contributed by atoms with E-state index < -0.39 is 6.04 Å². The molecule has 100 valence electrons. The van der Waals surface area contributed by atoms with E-state index in [-0.39, 0.29) is 18.2 Å². The van der Waals surface area contributed by atoms with Gasteiger partial charge < -0.3 is 10.5 Å². The van der Waals surface area contributed by atoms with Gasteiger partial charge in [0.1, 0.15) is 24.0 Å². The van der Waals surface area contributed by atoms with Crippen molar-refractivity contribution in [3.63, 3.8) is 0 Å². The normalized spacial score (nSPS) is 12.2. The molecule has 2 aromatic rings. The van der Waals surface area contributed by atoms with Crippen LogP contribution in [0.4, 0.5) is 8.78 Å². The fraction of sp³-hybridized carbons (Fsp3) is 0.200. The molecule has 0 aliphatic rings. The Balaban J connectivity index is 2.00. The van der Waals surface area contributed by atoms with Crippen LogP contribution >= 0.6 is 0 Å². The van der Waals surface area contributed by atoms with E-state index >= 15 is 0 Å². The topological polar surface area (TPSA) is 35.2 Å². The molecule has 0 heterocycles. The van der Waals surface area contributed by atoms with Crippen LogP contribution in [-0.2, 0) is 0 Å². The molecule has 0 spiro atoms. The van der Waals surface area contributed by atoms with Gasteiger partial charge in [-0.05, 0) is 48.4 Å². The summed E-state index contributed by atoms with van der Waals surface area (Å²) in [5.74, 6) is -0.0573. The molecule has 4 heteroatoms. The molecule has 19 heavy (non-hydrogen) atoms. The van der Waals surface area contributed by atoms with Crippen molar-refractivity contribution in [2.75, 3.05) is 6.61 Å². The maximum absolute atomic E-state index is 13.1. The molecule has 0 radical (unpaired) electrons. The molecule has 0 aliphatic carbocycles. The van der Waals surface area contributed by atoms with Crippen molar-refractivity contribution in [2.24, 2.45) is 5.73 Å². The first kappa shape index (κ1) is 13.5. The van der Waals surface area contributed by atoms with E-state index in [1.54, 1.807) is 31.2 Å². The zero-order chi connectivity index (χ0) is 13.8. The summed E-state index contributed by atoms with van der Waals surface area (Å²) in [5.41, 5.74) is 7.09. The number of ether oxygens (including phenoxy) is 1. The average Bonchev–Trinajstić information content (AvgIpc) is 2.40. The van der Waals surface area contributed by atoms with Crippen molar-refractivity contribution in [1.29, 1.82) is 0 Å². The first-order chi connectivity index (χ1) is 9.06. The number of rotatable bonds is 4. The second-order valence-electron chi connectivity index (χ2n) is 4.38. The molecule has 0 amide bonds. The summed E-state index contributed by atoms with van der Waals surface area (Å²) in [6, 6.07) is 10.2. The highest BCUT2D eigenvalue weighted by Gasteiger charge is 2.08. The lowest BCUT2D eigenvalue weighted by Crippen LogP contribution is -2.19. The molecule has 2 nitrogen and oxygen atoms in total. The molecule has 0 fully saturated rings. The predicted octanol–water partition coefficient (Wildman–Crippen LogP) is 3.35. The average molecular weight is 263 g/mol. The molecular weight excluding hydrogens is 248 g/mol. The third-order valence-electron chi connectivity index (χ3n) is 2.84. The molecule has 0 saturated heterocycles. The summed E-state index contributed by atoms with van der Waals surface area (Å²) in [6.45, 7) is 1.86. The Labute approximate surface area is 110 Å². The van der Waals surface area contributed by atoms with Gasteiger partial charge in [0.05, 0.1) is 6.04 Å². The number of nitrogens with two attached hydrogens (primary N) is 1. The molecule has 0 aromatic heterocycles. The number of hydrogen-bond donors (Lipinski definition) is 1. The van der Waals surface area contributed by atoms with Crippen LogP contribution in [0.1, 0.15) is 17.2 Å². The monoisotopic (exact) mass is 263 g/mol. The minimum absolute atomic E-state index is 0.203. The van der Waals surface area contributed by atoms with Crippen LogP contribution in [0.5, 0.6) is 5.75 Å². The zero-order valence-corrected chi connectivity index (χ0v) is 10.6. The minimum atomic E-state index is -0.430. The molecule has 2 aromatic carbocycles. The van der Waals surface area contributed by atoms with Crippen LogP contribution in [0.3, 0.4) is 0 Å². The Morgan fingerprint density at radius 1 is 1.16 bits per heavy atom. The van der Waals surface area contributed by atoms with Gasteiger partial charge in [-0.15, -0.1) is 0 Å². The van der Waals surface area contributed by atoms with Gasteiger partial charge in [0.2, 0.25) is 0 Å². The molecule has 1 atom stereocenters. The SMILES string of the molecule is Cc1cc(OCC(N)c2cccc(F)c2)ccc1F. The Kier molecular flexibility index (Phi) is 4.12. The lowest BCUT2D eigenvalue weighted by molar-refractivity contribution is 0.290. The fourth-order valence-electron chi connectivity index (χ4n) is 1.73. The second kappa shape index (κ2) is 5.80. The molecule has 0 aliphatic heterocycles. The highest BCUT2D eigenvalue weighted by Crippen LogP contribution is 2.18. The van der Waals surface area contributed by atoms with Crippen LogP contribution < -0.4 is 10.5 Å². The van der Waals surface area contributed by atoms with E-state index in [4.69, 9.17) is 10.5 Å².